The maximum Gasteiger partial charge on any atom is 0.358 e. The number of halogens is 2. The topological polar surface area (TPSA) is 39.2 Å². The minimum Gasteiger partial charge on any atom is -0.464 e. The summed E-state index contributed by atoms with van der Waals surface area (Å²) in [5.74, 6) is -0.494. The Morgan fingerprint density at radius 1 is 1.33 bits per heavy atom. The van der Waals surface area contributed by atoms with E-state index in [0.717, 1.165) is 18.4 Å². The standard InChI is InChI=1S/C16H13ClFNO2/c1-21-16(20)15-12(17)6-7-14(19-15)10-4-5-11(9-2-3-9)13(18)8-10/h4-9H,2-3H2,1H3. The van der Waals surface area contributed by atoms with Gasteiger partial charge in [0.25, 0.3) is 0 Å². The summed E-state index contributed by atoms with van der Waals surface area (Å²) in [7, 11) is 1.26. The van der Waals surface area contributed by atoms with Gasteiger partial charge in [0.1, 0.15) is 5.82 Å². The fourth-order valence-corrected chi connectivity index (χ4v) is 2.44. The molecule has 1 aromatic heterocycles. The third-order valence-electron chi connectivity index (χ3n) is 3.54. The fourth-order valence-electron chi connectivity index (χ4n) is 2.25. The van der Waals surface area contributed by atoms with Crippen LogP contribution in [0.3, 0.4) is 0 Å². The number of nitrogens with zero attached hydrogens (tertiary/aromatic N) is 1. The summed E-state index contributed by atoms with van der Waals surface area (Å²) >= 11 is 5.93. The van der Waals surface area contributed by atoms with Gasteiger partial charge < -0.3 is 4.74 Å². The molecule has 21 heavy (non-hydrogen) atoms. The molecule has 5 heteroatoms. The summed E-state index contributed by atoms with van der Waals surface area (Å²) < 4.78 is 18.7. The molecule has 2 aromatic rings. The Morgan fingerprint density at radius 3 is 2.71 bits per heavy atom. The zero-order chi connectivity index (χ0) is 15.0. The summed E-state index contributed by atoms with van der Waals surface area (Å²) in [6.45, 7) is 0. The molecule has 0 spiro atoms. The van der Waals surface area contributed by atoms with Crippen molar-refractivity contribution in [3.8, 4) is 11.3 Å². The molecule has 1 heterocycles. The number of benzene rings is 1. The number of pyridine rings is 1. The molecule has 1 aromatic carbocycles. The van der Waals surface area contributed by atoms with E-state index >= 15 is 0 Å². The van der Waals surface area contributed by atoms with Crippen LogP contribution in [-0.2, 0) is 4.74 Å². The largest absolute Gasteiger partial charge is 0.464 e. The Kier molecular flexibility index (Phi) is 3.64. The van der Waals surface area contributed by atoms with E-state index in [-0.39, 0.29) is 16.5 Å². The molecule has 0 amide bonds. The van der Waals surface area contributed by atoms with Crippen molar-refractivity contribution in [3.63, 3.8) is 0 Å². The second-order valence-corrected chi connectivity index (χ2v) is 5.44. The van der Waals surface area contributed by atoms with Crippen molar-refractivity contribution in [1.82, 2.24) is 4.98 Å². The third-order valence-corrected chi connectivity index (χ3v) is 3.84. The molecule has 1 saturated carbocycles. The van der Waals surface area contributed by atoms with Crippen LogP contribution in [0.15, 0.2) is 30.3 Å². The first-order valence-electron chi connectivity index (χ1n) is 6.65. The molecule has 0 atom stereocenters. The van der Waals surface area contributed by atoms with Crippen molar-refractivity contribution in [1.29, 1.82) is 0 Å². The van der Waals surface area contributed by atoms with Crippen molar-refractivity contribution in [3.05, 3.63) is 52.4 Å². The number of ether oxygens (including phenoxy) is 1. The van der Waals surface area contributed by atoms with E-state index in [1.807, 2.05) is 6.07 Å². The van der Waals surface area contributed by atoms with Gasteiger partial charge in [-0.2, -0.15) is 0 Å². The molecule has 0 aliphatic heterocycles. The molecule has 0 N–H and O–H groups in total. The maximum absolute atomic E-state index is 14.1. The zero-order valence-corrected chi connectivity index (χ0v) is 12.2. The Bertz CT molecular complexity index is 713. The number of hydrogen-bond acceptors (Lipinski definition) is 3. The predicted molar refractivity (Wildman–Crippen MR) is 78.0 cm³/mol. The summed E-state index contributed by atoms with van der Waals surface area (Å²) in [4.78, 5) is 15.8. The first-order valence-corrected chi connectivity index (χ1v) is 7.02. The van der Waals surface area contributed by atoms with Gasteiger partial charge in [-0.05, 0) is 42.5 Å². The maximum atomic E-state index is 14.1. The average Bonchev–Trinajstić information content (AvgIpc) is 3.31. The number of hydrogen-bond donors (Lipinski definition) is 0. The molecular weight excluding hydrogens is 293 g/mol. The summed E-state index contributed by atoms with van der Waals surface area (Å²) in [5.41, 5.74) is 1.88. The van der Waals surface area contributed by atoms with Gasteiger partial charge in [0.2, 0.25) is 0 Å². The molecule has 0 unspecified atom stereocenters. The molecule has 3 nitrogen and oxygen atoms in total. The van der Waals surface area contributed by atoms with Crippen molar-refractivity contribution >= 4 is 17.6 Å². The van der Waals surface area contributed by atoms with Crippen LogP contribution in [0.5, 0.6) is 0 Å². The van der Waals surface area contributed by atoms with Crippen LogP contribution in [0.25, 0.3) is 11.3 Å². The lowest BCUT2D eigenvalue weighted by atomic mass is 10.0. The van der Waals surface area contributed by atoms with Crippen molar-refractivity contribution in [2.24, 2.45) is 0 Å². The van der Waals surface area contributed by atoms with E-state index in [4.69, 9.17) is 11.6 Å². The molecule has 0 radical (unpaired) electrons. The summed E-state index contributed by atoms with van der Waals surface area (Å²) in [5, 5.41) is 0.209. The van der Waals surface area contributed by atoms with Crippen molar-refractivity contribution in [2.75, 3.05) is 7.11 Å². The van der Waals surface area contributed by atoms with Gasteiger partial charge in [0.15, 0.2) is 5.69 Å². The smallest absolute Gasteiger partial charge is 0.358 e. The van der Waals surface area contributed by atoms with Crippen LogP contribution in [-0.4, -0.2) is 18.1 Å². The highest BCUT2D eigenvalue weighted by atomic mass is 35.5. The third kappa shape index (κ3) is 2.76. The van der Waals surface area contributed by atoms with Crippen LogP contribution in [0.4, 0.5) is 4.39 Å². The molecule has 108 valence electrons. The first-order chi connectivity index (χ1) is 10.1. The van der Waals surface area contributed by atoms with Gasteiger partial charge in [-0.3, -0.25) is 0 Å². The molecule has 0 bridgehead atoms. The Hall–Kier alpha value is -1.94. The highest BCUT2D eigenvalue weighted by molar-refractivity contribution is 6.33. The average molecular weight is 306 g/mol. The lowest BCUT2D eigenvalue weighted by Gasteiger charge is -2.07. The monoisotopic (exact) mass is 305 g/mol. The Morgan fingerprint density at radius 2 is 2.10 bits per heavy atom. The van der Waals surface area contributed by atoms with Gasteiger partial charge >= 0.3 is 5.97 Å². The molecule has 1 aliphatic rings. The van der Waals surface area contributed by atoms with Crippen molar-refractivity contribution < 1.29 is 13.9 Å². The van der Waals surface area contributed by atoms with Crippen LogP contribution in [0, 0.1) is 5.82 Å². The van der Waals surface area contributed by atoms with E-state index in [0.29, 0.717) is 17.2 Å². The second kappa shape index (κ2) is 5.45. The Labute approximate surface area is 126 Å². The molecule has 0 saturated heterocycles. The van der Waals surface area contributed by atoms with Crippen LogP contribution < -0.4 is 0 Å². The predicted octanol–water partition coefficient (Wildman–Crippen LogP) is 4.21. The van der Waals surface area contributed by atoms with Gasteiger partial charge in [0.05, 0.1) is 17.8 Å². The number of esters is 1. The van der Waals surface area contributed by atoms with Gasteiger partial charge in [-0.15, -0.1) is 0 Å². The van der Waals surface area contributed by atoms with E-state index < -0.39 is 5.97 Å². The fraction of sp³-hybridized carbons (Fsp3) is 0.250. The number of aromatic nitrogens is 1. The Balaban J connectivity index is 2.00. The molecule has 3 rings (SSSR count). The van der Waals surface area contributed by atoms with Crippen LogP contribution >= 0.6 is 11.6 Å². The second-order valence-electron chi connectivity index (χ2n) is 5.03. The van der Waals surface area contributed by atoms with Crippen LogP contribution in [0.2, 0.25) is 5.02 Å². The minimum absolute atomic E-state index is 0.0309. The number of rotatable bonds is 3. The summed E-state index contributed by atoms with van der Waals surface area (Å²) in [6.07, 6.45) is 2.09. The highest BCUT2D eigenvalue weighted by Gasteiger charge is 2.26. The highest BCUT2D eigenvalue weighted by Crippen LogP contribution is 2.41. The van der Waals surface area contributed by atoms with E-state index in [1.54, 1.807) is 18.2 Å². The lowest BCUT2D eigenvalue weighted by Crippen LogP contribution is -2.06. The van der Waals surface area contributed by atoms with Gasteiger partial charge in [-0.1, -0.05) is 23.7 Å². The van der Waals surface area contributed by atoms with Gasteiger partial charge in [0, 0.05) is 5.56 Å². The van der Waals surface area contributed by atoms with E-state index in [2.05, 4.69) is 9.72 Å². The lowest BCUT2D eigenvalue weighted by molar-refractivity contribution is 0.0594. The number of methoxy groups -OCH3 is 1. The normalized spacial score (nSPS) is 14.0. The number of carbonyl (C=O) groups is 1. The SMILES string of the molecule is COC(=O)c1nc(-c2ccc(C3CC3)c(F)c2)ccc1Cl. The van der Waals surface area contributed by atoms with E-state index in [9.17, 15) is 9.18 Å². The molecular formula is C16H13ClFNO2. The van der Waals surface area contributed by atoms with Gasteiger partial charge in [-0.25, -0.2) is 14.2 Å². The van der Waals surface area contributed by atoms with Crippen LogP contribution in [0.1, 0.15) is 34.8 Å². The first kappa shape index (κ1) is 14.0. The van der Waals surface area contributed by atoms with E-state index in [1.165, 1.54) is 13.2 Å². The molecule has 1 fully saturated rings. The zero-order valence-electron chi connectivity index (χ0n) is 11.4. The molecule has 1 aliphatic carbocycles. The minimum atomic E-state index is -0.614. The number of carbonyl (C=O) groups excluding carboxylic acids is 1. The van der Waals surface area contributed by atoms with Crippen molar-refractivity contribution in [2.45, 2.75) is 18.8 Å². The summed E-state index contributed by atoms with van der Waals surface area (Å²) in [6, 6.07) is 8.26. The quantitative estimate of drug-likeness (QED) is 0.798.